The lowest BCUT2D eigenvalue weighted by Gasteiger charge is -2.39. The van der Waals surface area contributed by atoms with Crippen LogP contribution in [0.3, 0.4) is 0 Å². The summed E-state index contributed by atoms with van der Waals surface area (Å²) in [5, 5.41) is 0. The second-order valence-corrected chi connectivity index (χ2v) is 6.92. The van der Waals surface area contributed by atoms with Crippen molar-refractivity contribution in [3.63, 3.8) is 0 Å². The Balaban J connectivity index is 1.95. The van der Waals surface area contributed by atoms with Crippen LogP contribution in [0.4, 0.5) is 0 Å². The van der Waals surface area contributed by atoms with Crippen LogP contribution in [0.5, 0.6) is 0 Å². The van der Waals surface area contributed by atoms with Crippen molar-refractivity contribution in [1.29, 1.82) is 0 Å². The summed E-state index contributed by atoms with van der Waals surface area (Å²) < 4.78 is 0. The van der Waals surface area contributed by atoms with Gasteiger partial charge in [0.15, 0.2) is 5.78 Å². The Kier molecular flexibility index (Phi) is 4.76. The average molecular weight is 280 g/mol. The van der Waals surface area contributed by atoms with Gasteiger partial charge in [-0.15, -0.1) is 11.3 Å². The number of carbonyl (C=O) groups is 1. The molecule has 0 amide bonds. The van der Waals surface area contributed by atoms with Crippen LogP contribution in [0.15, 0.2) is 6.07 Å². The zero-order chi connectivity index (χ0) is 14.0. The van der Waals surface area contributed by atoms with Crippen molar-refractivity contribution in [2.24, 2.45) is 0 Å². The third kappa shape index (κ3) is 3.44. The number of hydrogen-bond acceptors (Lipinski definition) is 4. The molecule has 2 heterocycles. The van der Waals surface area contributed by atoms with Gasteiger partial charge in [0.2, 0.25) is 0 Å². The van der Waals surface area contributed by atoms with Gasteiger partial charge in [-0.05, 0) is 33.4 Å². The van der Waals surface area contributed by atoms with Gasteiger partial charge in [-0.1, -0.05) is 6.92 Å². The van der Waals surface area contributed by atoms with Crippen molar-refractivity contribution >= 4 is 17.1 Å². The maximum absolute atomic E-state index is 12.4. The minimum Gasteiger partial charge on any atom is -0.298 e. The molecule has 0 N–H and O–H groups in total. The Bertz CT molecular complexity index is 455. The summed E-state index contributed by atoms with van der Waals surface area (Å²) in [5.41, 5.74) is 0.924. The first kappa shape index (κ1) is 14.7. The van der Waals surface area contributed by atoms with Gasteiger partial charge in [0, 0.05) is 41.0 Å². The first-order chi connectivity index (χ1) is 9.01. The molecule has 0 aliphatic carbocycles. The van der Waals surface area contributed by atoms with Crippen molar-refractivity contribution < 1.29 is 4.79 Å². The van der Waals surface area contributed by atoms with E-state index in [-0.39, 0.29) is 5.78 Å². The summed E-state index contributed by atoms with van der Waals surface area (Å²) in [6.45, 7) is 13.3. The molecular formula is C15H24N2OS. The fourth-order valence-electron chi connectivity index (χ4n) is 2.88. The molecule has 2 rings (SSSR count). The van der Waals surface area contributed by atoms with Crippen LogP contribution in [-0.2, 0) is 0 Å². The van der Waals surface area contributed by atoms with Crippen LogP contribution in [0.2, 0.25) is 0 Å². The monoisotopic (exact) mass is 280 g/mol. The molecule has 1 unspecified atom stereocenters. The molecule has 0 saturated carbocycles. The highest BCUT2D eigenvalue weighted by atomic mass is 32.1. The number of thiophene rings is 1. The number of Topliss-reactive ketones (excluding diaryl/α,β-unsaturated/α-hetero) is 1. The van der Waals surface area contributed by atoms with E-state index < -0.39 is 0 Å². The molecule has 0 aromatic carbocycles. The van der Waals surface area contributed by atoms with E-state index in [1.807, 2.05) is 13.0 Å². The SMILES string of the molecule is CCN1CCN(CC(=O)c2cc(C)sc2C)CC1C. The van der Waals surface area contributed by atoms with Crippen LogP contribution in [0, 0.1) is 13.8 Å². The van der Waals surface area contributed by atoms with Gasteiger partial charge in [-0.25, -0.2) is 0 Å². The predicted molar refractivity (Wildman–Crippen MR) is 81.3 cm³/mol. The molecule has 1 atom stereocenters. The maximum atomic E-state index is 12.4. The van der Waals surface area contributed by atoms with E-state index in [0.29, 0.717) is 12.6 Å². The molecule has 1 aromatic heterocycles. The molecule has 19 heavy (non-hydrogen) atoms. The van der Waals surface area contributed by atoms with Crippen LogP contribution >= 0.6 is 11.3 Å². The van der Waals surface area contributed by atoms with Crippen molar-refractivity contribution in [2.75, 3.05) is 32.7 Å². The number of piperazine rings is 1. The number of hydrogen-bond donors (Lipinski definition) is 0. The molecule has 1 aromatic rings. The molecule has 0 spiro atoms. The molecule has 0 bridgehead atoms. The Morgan fingerprint density at radius 1 is 1.42 bits per heavy atom. The second kappa shape index (κ2) is 6.16. The largest absolute Gasteiger partial charge is 0.298 e. The number of aryl methyl sites for hydroxylation is 2. The molecule has 1 aliphatic heterocycles. The first-order valence-electron chi connectivity index (χ1n) is 7.08. The van der Waals surface area contributed by atoms with Gasteiger partial charge in [-0.3, -0.25) is 14.6 Å². The molecule has 1 saturated heterocycles. The fraction of sp³-hybridized carbons (Fsp3) is 0.667. The second-order valence-electron chi connectivity index (χ2n) is 5.46. The number of nitrogens with zero attached hydrogens (tertiary/aromatic N) is 2. The molecule has 0 radical (unpaired) electrons. The lowest BCUT2D eigenvalue weighted by molar-refractivity contribution is 0.0723. The fourth-order valence-corrected chi connectivity index (χ4v) is 3.82. The van der Waals surface area contributed by atoms with Crippen LogP contribution in [0.1, 0.15) is 34.0 Å². The van der Waals surface area contributed by atoms with E-state index in [2.05, 4.69) is 30.6 Å². The van der Waals surface area contributed by atoms with Crippen molar-refractivity contribution in [2.45, 2.75) is 33.7 Å². The number of carbonyl (C=O) groups excluding carboxylic acids is 1. The van der Waals surface area contributed by atoms with Gasteiger partial charge in [0.05, 0.1) is 6.54 Å². The minimum absolute atomic E-state index is 0.277. The first-order valence-corrected chi connectivity index (χ1v) is 7.89. The highest BCUT2D eigenvalue weighted by molar-refractivity contribution is 7.12. The molecule has 4 heteroatoms. The van der Waals surface area contributed by atoms with E-state index in [9.17, 15) is 4.79 Å². The van der Waals surface area contributed by atoms with Gasteiger partial charge in [-0.2, -0.15) is 0 Å². The molecule has 106 valence electrons. The zero-order valence-electron chi connectivity index (χ0n) is 12.4. The highest BCUT2D eigenvalue weighted by Gasteiger charge is 2.24. The molecule has 1 aliphatic rings. The van der Waals surface area contributed by atoms with Crippen LogP contribution < -0.4 is 0 Å². The summed E-state index contributed by atoms with van der Waals surface area (Å²) in [7, 11) is 0. The van der Waals surface area contributed by atoms with E-state index in [0.717, 1.165) is 36.6 Å². The number of rotatable bonds is 4. The minimum atomic E-state index is 0.277. The zero-order valence-corrected chi connectivity index (χ0v) is 13.2. The van der Waals surface area contributed by atoms with E-state index in [1.54, 1.807) is 11.3 Å². The van der Waals surface area contributed by atoms with Crippen molar-refractivity contribution in [1.82, 2.24) is 9.80 Å². The third-order valence-corrected chi connectivity index (χ3v) is 4.93. The predicted octanol–water partition coefficient (Wildman–Crippen LogP) is 2.57. The summed E-state index contributed by atoms with van der Waals surface area (Å²) in [4.78, 5) is 19.5. The molecule has 3 nitrogen and oxygen atoms in total. The smallest absolute Gasteiger partial charge is 0.177 e. The van der Waals surface area contributed by atoms with Gasteiger partial charge >= 0.3 is 0 Å². The normalized spacial score (nSPS) is 21.8. The lowest BCUT2D eigenvalue weighted by Crippen LogP contribution is -2.52. The van der Waals surface area contributed by atoms with Crippen molar-refractivity contribution in [3.8, 4) is 0 Å². The molecule has 1 fully saturated rings. The Morgan fingerprint density at radius 2 is 2.16 bits per heavy atom. The van der Waals surface area contributed by atoms with Gasteiger partial charge in [0.25, 0.3) is 0 Å². The lowest BCUT2D eigenvalue weighted by atomic mass is 10.1. The Hall–Kier alpha value is -0.710. The Labute approximate surface area is 120 Å². The van der Waals surface area contributed by atoms with Crippen LogP contribution in [-0.4, -0.2) is 54.3 Å². The van der Waals surface area contributed by atoms with E-state index in [4.69, 9.17) is 0 Å². The third-order valence-electron chi connectivity index (χ3n) is 3.96. The number of ketones is 1. The Morgan fingerprint density at radius 3 is 2.68 bits per heavy atom. The average Bonchev–Trinajstić information content (AvgIpc) is 2.69. The highest BCUT2D eigenvalue weighted by Crippen LogP contribution is 2.21. The van der Waals surface area contributed by atoms with E-state index >= 15 is 0 Å². The summed E-state index contributed by atoms with van der Waals surface area (Å²) >= 11 is 1.72. The quantitative estimate of drug-likeness (QED) is 0.792. The maximum Gasteiger partial charge on any atom is 0.177 e. The van der Waals surface area contributed by atoms with Crippen LogP contribution in [0.25, 0.3) is 0 Å². The van der Waals surface area contributed by atoms with E-state index in [1.165, 1.54) is 4.88 Å². The number of likely N-dealkylation sites (N-methyl/N-ethyl adjacent to an activating group) is 1. The summed E-state index contributed by atoms with van der Waals surface area (Å²) in [6.07, 6.45) is 0. The standard InChI is InChI=1S/C15H24N2OS/c1-5-17-7-6-16(9-11(17)2)10-15(18)14-8-12(3)19-13(14)4/h8,11H,5-7,9-10H2,1-4H3. The summed E-state index contributed by atoms with van der Waals surface area (Å²) in [6, 6.07) is 2.59. The topological polar surface area (TPSA) is 23.6 Å². The van der Waals surface area contributed by atoms with Crippen molar-refractivity contribution in [3.05, 3.63) is 21.4 Å². The molecular weight excluding hydrogens is 256 g/mol. The van der Waals surface area contributed by atoms with Gasteiger partial charge in [0.1, 0.15) is 0 Å². The summed E-state index contributed by atoms with van der Waals surface area (Å²) in [5.74, 6) is 0.277. The van der Waals surface area contributed by atoms with Gasteiger partial charge < -0.3 is 0 Å².